The highest BCUT2D eigenvalue weighted by atomic mass is 32.1. The normalized spacial score (nSPS) is 16.5. The highest BCUT2D eigenvalue weighted by molar-refractivity contribution is 7.22. The topological polar surface area (TPSA) is 68.3 Å². The van der Waals surface area contributed by atoms with Crippen LogP contribution in [0, 0.1) is 0 Å². The number of nitrogens with one attached hydrogen (secondary N) is 1. The van der Waals surface area contributed by atoms with Crippen LogP contribution in [-0.2, 0) is 9.53 Å². The lowest BCUT2D eigenvalue weighted by Crippen LogP contribution is -2.56. The first-order valence-corrected chi connectivity index (χ1v) is 9.84. The van der Waals surface area contributed by atoms with Crippen molar-refractivity contribution in [3.05, 3.63) is 28.6 Å². The molecule has 128 valence electrons. The fourth-order valence-corrected chi connectivity index (χ4v) is 4.59. The van der Waals surface area contributed by atoms with Gasteiger partial charge in [-0.05, 0) is 31.2 Å². The molecular formula is C17H20N2O3S2. The van der Waals surface area contributed by atoms with Gasteiger partial charge in [-0.2, -0.15) is 0 Å². The summed E-state index contributed by atoms with van der Waals surface area (Å²) in [5, 5.41) is 5.76. The predicted molar refractivity (Wildman–Crippen MR) is 95.3 cm³/mol. The number of rotatable bonds is 5. The number of nitrogens with zero attached hydrogens (tertiary/aromatic N) is 1. The molecule has 1 aliphatic rings. The number of thiazole rings is 1. The Kier molecular flexibility index (Phi) is 5.30. The second-order valence-corrected chi connectivity index (χ2v) is 7.80. The smallest absolute Gasteiger partial charge is 0.331 e. The van der Waals surface area contributed by atoms with Crippen molar-refractivity contribution >= 4 is 34.6 Å². The Morgan fingerprint density at radius 3 is 2.79 bits per heavy atom. The van der Waals surface area contributed by atoms with Gasteiger partial charge in [0.1, 0.15) is 15.4 Å². The van der Waals surface area contributed by atoms with Crippen molar-refractivity contribution in [2.45, 2.75) is 44.6 Å². The van der Waals surface area contributed by atoms with Gasteiger partial charge in [-0.1, -0.05) is 25.3 Å². The van der Waals surface area contributed by atoms with Crippen molar-refractivity contribution in [3.8, 4) is 9.88 Å². The van der Waals surface area contributed by atoms with E-state index >= 15 is 0 Å². The number of thiophene rings is 1. The molecule has 1 amide bonds. The molecule has 1 fully saturated rings. The van der Waals surface area contributed by atoms with Crippen molar-refractivity contribution < 1.29 is 14.3 Å². The third-order valence-electron chi connectivity index (χ3n) is 4.19. The Labute approximate surface area is 149 Å². The summed E-state index contributed by atoms with van der Waals surface area (Å²) in [5.41, 5.74) is -0.890. The van der Waals surface area contributed by atoms with Gasteiger partial charge < -0.3 is 10.1 Å². The summed E-state index contributed by atoms with van der Waals surface area (Å²) in [7, 11) is 0. The number of carbonyl (C=O) groups is 2. The van der Waals surface area contributed by atoms with E-state index in [0.29, 0.717) is 24.3 Å². The highest BCUT2D eigenvalue weighted by Gasteiger charge is 2.42. The summed E-state index contributed by atoms with van der Waals surface area (Å²) in [6.07, 6.45) is 5.77. The number of esters is 1. The number of ether oxygens (including phenoxy) is 1. The third-order valence-corrected chi connectivity index (χ3v) is 6.22. The Bertz CT molecular complexity index is 703. The Balaban J connectivity index is 1.77. The first-order valence-electron chi connectivity index (χ1n) is 8.14. The first-order chi connectivity index (χ1) is 11.6. The molecule has 5 nitrogen and oxygen atoms in total. The zero-order chi connectivity index (χ0) is 17.0. The molecule has 1 N–H and O–H groups in total. The standard InChI is InChI=1S/C17H20N2O3S2/c1-2-22-16(21)17(8-4-3-5-9-17)19-14(20)13-11-18-15(24-13)12-7-6-10-23-12/h6-7,10-11H,2-5,8-9H2,1H3,(H,19,20). The van der Waals surface area contributed by atoms with Gasteiger partial charge in [0.05, 0.1) is 17.7 Å². The average Bonchev–Trinajstić information content (AvgIpc) is 3.27. The summed E-state index contributed by atoms with van der Waals surface area (Å²) in [6, 6.07) is 3.94. The number of carbonyl (C=O) groups excluding carboxylic acids is 2. The van der Waals surface area contributed by atoms with Crippen LogP contribution in [0.15, 0.2) is 23.7 Å². The summed E-state index contributed by atoms with van der Waals surface area (Å²) in [5.74, 6) is -0.564. The maximum Gasteiger partial charge on any atom is 0.331 e. The van der Waals surface area contributed by atoms with Crippen LogP contribution >= 0.6 is 22.7 Å². The minimum absolute atomic E-state index is 0.245. The summed E-state index contributed by atoms with van der Waals surface area (Å²) in [6.45, 7) is 2.10. The lowest BCUT2D eigenvalue weighted by molar-refractivity contribution is -0.152. The fourth-order valence-electron chi connectivity index (χ4n) is 2.98. The average molecular weight is 364 g/mol. The van der Waals surface area contributed by atoms with Crippen molar-refractivity contribution in [1.82, 2.24) is 10.3 Å². The van der Waals surface area contributed by atoms with E-state index in [4.69, 9.17) is 4.74 Å². The third kappa shape index (κ3) is 3.52. The van der Waals surface area contributed by atoms with Crippen molar-refractivity contribution in [2.75, 3.05) is 6.61 Å². The SMILES string of the molecule is CCOC(=O)C1(NC(=O)c2cnc(-c3cccs3)s2)CCCCC1. The zero-order valence-corrected chi connectivity index (χ0v) is 15.2. The maximum atomic E-state index is 12.7. The Morgan fingerprint density at radius 1 is 1.33 bits per heavy atom. The molecule has 0 unspecified atom stereocenters. The molecule has 0 aliphatic heterocycles. The molecule has 0 saturated heterocycles. The van der Waals surface area contributed by atoms with Crippen LogP contribution in [0.3, 0.4) is 0 Å². The second kappa shape index (κ2) is 7.44. The summed E-state index contributed by atoms with van der Waals surface area (Å²) in [4.78, 5) is 31.0. The van der Waals surface area contributed by atoms with Gasteiger partial charge in [-0.15, -0.1) is 22.7 Å². The molecule has 7 heteroatoms. The van der Waals surface area contributed by atoms with Gasteiger partial charge >= 0.3 is 5.97 Å². The van der Waals surface area contributed by atoms with Crippen LogP contribution in [0.2, 0.25) is 0 Å². The lowest BCUT2D eigenvalue weighted by Gasteiger charge is -2.35. The van der Waals surface area contributed by atoms with E-state index in [9.17, 15) is 9.59 Å². The summed E-state index contributed by atoms with van der Waals surface area (Å²) < 4.78 is 5.22. The first kappa shape index (κ1) is 17.1. The van der Waals surface area contributed by atoms with E-state index in [1.807, 2.05) is 17.5 Å². The van der Waals surface area contributed by atoms with Crippen molar-refractivity contribution in [1.29, 1.82) is 0 Å². The highest BCUT2D eigenvalue weighted by Crippen LogP contribution is 2.32. The van der Waals surface area contributed by atoms with Crippen LogP contribution < -0.4 is 5.32 Å². The van der Waals surface area contributed by atoms with Gasteiger partial charge in [0.15, 0.2) is 0 Å². The molecule has 2 aromatic heterocycles. The van der Waals surface area contributed by atoms with Crippen molar-refractivity contribution in [3.63, 3.8) is 0 Å². The minimum Gasteiger partial charge on any atom is -0.464 e. The van der Waals surface area contributed by atoms with Crippen LogP contribution in [0.5, 0.6) is 0 Å². The zero-order valence-electron chi connectivity index (χ0n) is 13.5. The van der Waals surface area contributed by atoms with Crippen LogP contribution in [0.4, 0.5) is 0 Å². The number of aromatic nitrogens is 1. The molecular weight excluding hydrogens is 344 g/mol. The van der Waals surface area contributed by atoms with E-state index in [1.54, 1.807) is 24.5 Å². The lowest BCUT2D eigenvalue weighted by atomic mass is 9.81. The monoisotopic (exact) mass is 364 g/mol. The van der Waals surface area contributed by atoms with Crippen LogP contribution in [0.25, 0.3) is 9.88 Å². The number of hydrogen-bond donors (Lipinski definition) is 1. The molecule has 3 rings (SSSR count). The van der Waals surface area contributed by atoms with Crippen molar-refractivity contribution in [2.24, 2.45) is 0 Å². The molecule has 2 aromatic rings. The van der Waals surface area contributed by atoms with Crippen LogP contribution in [-0.4, -0.2) is 29.0 Å². The Morgan fingerprint density at radius 2 is 2.12 bits per heavy atom. The van der Waals surface area contributed by atoms with E-state index in [-0.39, 0.29) is 11.9 Å². The molecule has 0 atom stereocenters. The van der Waals surface area contributed by atoms with Gasteiger partial charge in [-0.3, -0.25) is 4.79 Å². The molecule has 24 heavy (non-hydrogen) atoms. The van der Waals surface area contributed by atoms with E-state index in [2.05, 4.69) is 10.3 Å². The molecule has 0 bridgehead atoms. The largest absolute Gasteiger partial charge is 0.464 e. The van der Waals surface area contributed by atoms with E-state index < -0.39 is 5.54 Å². The molecule has 2 heterocycles. The summed E-state index contributed by atoms with van der Waals surface area (Å²) >= 11 is 2.94. The number of hydrogen-bond acceptors (Lipinski definition) is 6. The molecule has 0 aromatic carbocycles. The molecule has 0 radical (unpaired) electrons. The van der Waals surface area contributed by atoms with E-state index in [1.165, 1.54) is 11.3 Å². The van der Waals surface area contributed by atoms with Gasteiger partial charge in [0.25, 0.3) is 5.91 Å². The van der Waals surface area contributed by atoms with E-state index in [0.717, 1.165) is 29.1 Å². The number of amides is 1. The Hall–Kier alpha value is -1.73. The maximum absolute atomic E-state index is 12.7. The quantitative estimate of drug-likeness (QED) is 0.818. The second-order valence-electron chi connectivity index (χ2n) is 5.82. The fraction of sp³-hybridized carbons (Fsp3) is 0.471. The molecule has 0 spiro atoms. The van der Waals surface area contributed by atoms with Gasteiger partial charge in [0.2, 0.25) is 0 Å². The van der Waals surface area contributed by atoms with Gasteiger partial charge in [-0.25, -0.2) is 9.78 Å². The van der Waals surface area contributed by atoms with Gasteiger partial charge in [0, 0.05) is 0 Å². The predicted octanol–water partition coefficient (Wildman–Crippen LogP) is 3.87. The van der Waals surface area contributed by atoms with Crippen LogP contribution in [0.1, 0.15) is 48.7 Å². The minimum atomic E-state index is -0.890. The molecule has 1 aliphatic carbocycles. The molecule has 1 saturated carbocycles.